The van der Waals surface area contributed by atoms with Crippen molar-refractivity contribution < 1.29 is 15.0 Å². The van der Waals surface area contributed by atoms with E-state index in [1.807, 2.05) is 25.1 Å². The largest absolute Gasteiger partial charge is 0.395 e. The van der Waals surface area contributed by atoms with E-state index in [0.717, 1.165) is 5.56 Å². The predicted octanol–water partition coefficient (Wildman–Crippen LogP) is 1.33. The molecule has 0 spiro atoms. The second-order valence-corrected chi connectivity index (χ2v) is 5.35. The lowest BCUT2D eigenvalue weighted by Gasteiger charge is -2.30. The minimum absolute atomic E-state index is 0.0199. The number of rotatable bonds is 2. The molecular formula is C17H21NO3. The number of piperidine rings is 1. The maximum atomic E-state index is 12.6. The molecule has 0 unspecified atom stereocenters. The summed E-state index contributed by atoms with van der Waals surface area (Å²) in [6, 6.07) is 5.62. The fraction of sp³-hybridized carbons (Fsp3) is 0.471. The average molecular weight is 287 g/mol. The van der Waals surface area contributed by atoms with Gasteiger partial charge in [0.2, 0.25) is 0 Å². The zero-order chi connectivity index (χ0) is 15.2. The minimum atomic E-state index is -0.295. The summed E-state index contributed by atoms with van der Waals surface area (Å²) in [6.07, 6.45) is 1.36. The Kier molecular flexibility index (Phi) is 5.38. The quantitative estimate of drug-likeness (QED) is 0.807. The Hall–Kier alpha value is -1.83. The topological polar surface area (TPSA) is 60.8 Å². The van der Waals surface area contributed by atoms with Crippen LogP contribution in [0.3, 0.4) is 0 Å². The standard InChI is InChI=1S/C17H21NO3/c1-13-5-6-16(14(12-13)4-2-3-11-19)17(21)18-9-7-15(20)8-10-18/h5-6,12,15,19-20H,3,7-11H2,1H3. The summed E-state index contributed by atoms with van der Waals surface area (Å²) in [6.45, 7) is 3.14. The molecule has 1 aromatic carbocycles. The summed E-state index contributed by atoms with van der Waals surface area (Å²) in [7, 11) is 0. The van der Waals surface area contributed by atoms with E-state index in [1.165, 1.54) is 0 Å². The van der Waals surface area contributed by atoms with Gasteiger partial charge in [0.1, 0.15) is 0 Å². The van der Waals surface area contributed by atoms with E-state index in [9.17, 15) is 9.90 Å². The van der Waals surface area contributed by atoms with Crippen molar-refractivity contribution >= 4 is 5.91 Å². The Bertz CT molecular complexity index is 563. The lowest BCUT2D eigenvalue weighted by Crippen LogP contribution is -2.40. The second kappa shape index (κ2) is 7.26. The lowest BCUT2D eigenvalue weighted by atomic mass is 10.0. The van der Waals surface area contributed by atoms with Crippen molar-refractivity contribution in [1.82, 2.24) is 4.90 Å². The number of hydrogen-bond acceptors (Lipinski definition) is 3. The first kappa shape index (κ1) is 15.6. The number of carbonyl (C=O) groups excluding carboxylic acids is 1. The number of aliphatic hydroxyl groups is 2. The van der Waals surface area contributed by atoms with Crippen molar-refractivity contribution in [2.75, 3.05) is 19.7 Å². The number of likely N-dealkylation sites (tertiary alicyclic amines) is 1. The molecule has 21 heavy (non-hydrogen) atoms. The molecule has 112 valence electrons. The molecule has 0 radical (unpaired) electrons. The Labute approximate surface area is 125 Å². The van der Waals surface area contributed by atoms with E-state index < -0.39 is 0 Å². The van der Waals surface area contributed by atoms with Gasteiger partial charge in [-0.2, -0.15) is 0 Å². The van der Waals surface area contributed by atoms with Crippen LogP contribution >= 0.6 is 0 Å². The van der Waals surface area contributed by atoms with Crippen LogP contribution in [0.5, 0.6) is 0 Å². The van der Waals surface area contributed by atoms with Gasteiger partial charge in [-0.3, -0.25) is 4.79 Å². The highest BCUT2D eigenvalue weighted by molar-refractivity contribution is 5.97. The summed E-state index contributed by atoms with van der Waals surface area (Å²) < 4.78 is 0. The average Bonchev–Trinajstić information content (AvgIpc) is 2.48. The zero-order valence-corrected chi connectivity index (χ0v) is 12.3. The molecule has 0 atom stereocenters. The number of aliphatic hydroxyl groups excluding tert-OH is 2. The molecule has 0 bridgehead atoms. The summed E-state index contributed by atoms with van der Waals surface area (Å²) in [5, 5.41) is 18.3. The second-order valence-electron chi connectivity index (χ2n) is 5.35. The van der Waals surface area contributed by atoms with Crippen molar-refractivity contribution in [3.05, 3.63) is 34.9 Å². The summed E-state index contributed by atoms with van der Waals surface area (Å²) in [5.41, 5.74) is 2.36. The maximum absolute atomic E-state index is 12.6. The first-order valence-corrected chi connectivity index (χ1v) is 7.29. The van der Waals surface area contributed by atoms with Gasteiger partial charge in [0.25, 0.3) is 5.91 Å². The van der Waals surface area contributed by atoms with Crippen LogP contribution in [0.1, 0.15) is 40.7 Å². The highest BCUT2D eigenvalue weighted by Crippen LogP contribution is 2.17. The van der Waals surface area contributed by atoms with Crippen LogP contribution in [0, 0.1) is 18.8 Å². The van der Waals surface area contributed by atoms with Crippen molar-refractivity contribution in [3.63, 3.8) is 0 Å². The van der Waals surface area contributed by atoms with Gasteiger partial charge in [-0.15, -0.1) is 0 Å². The van der Waals surface area contributed by atoms with Gasteiger partial charge in [0.05, 0.1) is 18.3 Å². The molecule has 1 heterocycles. The normalized spacial score (nSPS) is 15.5. The van der Waals surface area contributed by atoms with E-state index >= 15 is 0 Å². The van der Waals surface area contributed by atoms with Gasteiger partial charge in [0.15, 0.2) is 0 Å². The summed E-state index contributed by atoms with van der Waals surface area (Å²) in [5.74, 6) is 5.82. The molecule has 1 fully saturated rings. The van der Waals surface area contributed by atoms with Crippen molar-refractivity contribution in [1.29, 1.82) is 0 Å². The number of nitrogens with zero attached hydrogens (tertiary/aromatic N) is 1. The summed E-state index contributed by atoms with van der Waals surface area (Å²) in [4.78, 5) is 14.4. The molecule has 1 aromatic rings. The predicted molar refractivity (Wildman–Crippen MR) is 80.9 cm³/mol. The van der Waals surface area contributed by atoms with Gasteiger partial charge >= 0.3 is 0 Å². The monoisotopic (exact) mass is 287 g/mol. The van der Waals surface area contributed by atoms with Gasteiger partial charge in [-0.1, -0.05) is 17.9 Å². The highest BCUT2D eigenvalue weighted by atomic mass is 16.3. The van der Waals surface area contributed by atoms with Gasteiger partial charge in [-0.25, -0.2) is 0 Å². The van der Waals surface area contributed by atoms with Crippen molar-refractivity contribution in [2.45, 2.75) is 32.3 Å². The van der Waals surface area contributed by atoms with Gasteiger partial charge < -0.3 is 15.1 Å². The van der Waals surface area contributed by atoms with Crippen LogP contribution in [0.2, 0.25) is 0 Å². The van der Waals surface area contributed by atoms with Crippen molar-refractivity contribution in [2.24, 2.45) is 0 Å². The third-order valence-electron chi connectivity index (χ3n) is 3.62. The molecule has 1 aliphatic rings. The molecule has 4 nitrogen and oxygen atoms in total. The maximum Gasteiger partial charge on any atom is 0.255 e. The molecule has 4 heteroatoms. The number of benzene rings is 1. The van der Waals surface area contributed by atoms with Gasteiger partial charge in [-0.05, 0) is 37.5 Å². The minimum Gasteiger partial charge on any atom is -0.395 e. The molecule has 1 amide bonds. The molecule has 0 saturated carbocycles. The molecular weight excluding hydrogens is 266 g/mol. The van der Waals surface area contributed by atoms with E-state index in [0.29, 0.717) is 43.5 Å². The first-order valence-electron chi connectivity index (χ1n) is 7.29. The van der Waals surface area contributed by atoms with E-state index in [1.54, 1.807) is 4.90 Å². The van der Waals surface area contributed by atoms with Crippen LogP contribution in [-0.4, -0.2) is 46.8 Å². The molecule has 1 saturated heterocycles. The Morgan fingerprint density at radius 2 is 2.10 bits per heavy atom. The number of hydrogen-bond donors (Lipinski definition) is 2. The van der Waals surface area contributed by atoms with Gasteiger partial charge in [0, 0.05) is 25.1 Å². The van der Waals surface area contributed by atoms with Crippen LogP contribution in [-0.2, 0) is 0 Å². The fourth-order valence-corrected chi connectivity index (χ4v) is 2.40. The first-order chi connectivity index (χ1) is 10.1. The van der Waals surface area contributed by atoms with E-state index in [-0.39, 0.29) is 18.6 Å². The molecule has 1 aliphatic heterocycles. The van der Waals surface area contributed by atoms with Crippen molar-refractivity contribution in [3.8, 4) is 11.8 Å². The Morgan fingerprint density at radius 3 is 2.76 bits per heavy atom. The number of amides is 1. The van der Waals surface area contributed by atoms with E-state index in [2.05, 4.69) is 11.8 Å². The highest BCUT2D eigenvalue weighted by Gasteiger charge is 2.23. The van der Waals surface area contributed by atoms with E-state index in [4.69, 9.17) is 5.11 Å². The lowest BCUT2D eigenvalue weighted by molar-refractivity contribution is 0.0546. The van der Waals surface area contributed by atoms with Crippen LogP contribution in [0.25, 0.3) is 0 Å². The van der Waals surface area contributed by atoms with Crippen LogP contribution in [0.4, 0.5) is 0 Å². The molecule has 2 N–H and O–H groups in total. The third-order valence-corrected chi connectivity index (χ3v) is 3.62. The summed E-state index contributed by atoms with van der Waals surface area (Å²) >= 11 is 0. The molecule has 2 rings (SSSR count). The third kappa shape index (κ3) is 4.07. The Morgan fingerprint density at radius 1 is 1.38 bits per heavy atom. The number of aryl methyl sites for hydroxylation is 1. The fourth-order valence-electron chi connectivity index (χ4n) is 2.40. The SMILES string of the molecule is Cc1ccc(C(=O)N2CCC(O)CC2)c(C#CCCO)c1. The Balaban J connectivity index is 2.22. The zero-order valence-electron chi connectivity index (χ0n) is 12.3. The number of carbonyl (C=O) groups is 1. The molecule has 0 aliphatic carbocycles. The molecule has 0 aromatic heterocycles. The smallest absolute Gasteiger partial charge is 0.255 e. The van der Waals surface area contributed by atoms with Crippen LogP contribution < -0.4 is 0 Å². The van der Waals surface area contributed by atoms with Crippen LogP contribution in [0.15, 0.2) is 18.2 Å².